The standard InChI is InChI=1S/C21H19N3O4/c1-13-19-22-16-10-6-5-9-15(16)20(25)24(19)23-17(14-7-3-2-4-8-14)18(23)21(26)28-12-11-27-13/h2-10,13,17-18H,11-12H2,1H3/t13-,17+,18-,23?/m1/s1. The Morgan fingerprint density at radius 1 is 0.964 bits per heavy atom. The second-order valence-electron chi connectivity index (χ2n) is 6.96. The van der Waals surface area contributed by atoms with Crippen molar-refractivity contribution >= 4 is 16.9 Å². The molecule has 7 nitrogen and oxygen atoms in total. The van der Waals surface area contributed by atoms with E-state index in [1.165, 1.54) is 4.68 Å². The van der Waals surface area contributed by atoms with Crippen molar-refractivity contribution in [2.45, 2.75) is 25.1 Å². The van der Waals surface area contributed by atoms with Crippen LogP contribution in [0, 0.1) is 0 Å². The van der Waals surface area contributed by atoms with Gasteiger partial charge in [0.2, 0.25) is 0 Å². The predicted octanol–water partition coefficient (Wildman–Crippen LogP) is 2.09. The molecule has 3 aromatic rings. The molecule has 3 heterocycles. The summed E-state index contributed by atoms with van der Waals surface area (Å²) in [6, 6.07) is 16.0. The van der Waals surface area contributed by atoms with Crippen molar-refractivity contribution in [3.8, 4) is 0 Å². The zero-order chi connectivity index (χ0) is 19.3. The van der Waals surface area contributed by atoms with Crippen LogP contribution in [0.4, 0.5) is 0 Å². The van der Waals surface area contributed by atoms with Gasteiger partial charge in [0.1, 0.15) is 18.8 Å². The van der Waals surface area contributed by atoms with Gasteiger partial charge in [-0.1, -0.05) is 42.5 Å². The minimum Gasteiger partial charge on any atom is -0.462 e. The monoisotopic (exact) mass is 377 g/mol. The Kier molecular flexibility index (Phi) is 3.91. The summed E-state index contributed by atoms with van der Waals surface area (Å²) >= 11 is 0. The third kappa shape index (κ3) is 2.58. The van der Waals surface area contributed by atoms with Crippen LogP contribution in [-0.4, -0.2) is 34.9 Å². The molecule has 0 aliphatic carbocycles. The van der Waals surface area contributed by atoms with E-state index in [0.717, 1.165) is 5.56 Å². The zero-order valence-corrected chi connectivity index (χ0v) is 15.3. The number of ether oxygens (including phenoxy) is 2. The molecule has 0 unspecified atom stereocenters. The summed E-state index contributed by atoms with van der Waals surface area (Å²) in [4.78, 5) is 30.8. The fraction of sp³-hybridized carbons (Fsp3) is 0.286. The highest BCUT2D eigenvalue weighted by Crippen LogP contribution is 2.42. The Balaban J connectivity index is 1.74. The van der Waals surface area contributed by atoms with Gasteiger partial charge < -0.3 is 9.47 Å². The summed E-state index contributed by atoms with van der Waals surface area (Å²) in [6.45, 7) is 2.28. The van der Waals surface area contributed by atoms with E-state index in [2.05, 4.69) is 0 Å². The van der Waals surface area contributed by atoms with Crippen LogP contribution in [0.15, 0.2) is 59.4 Å². The first-order valence-electron chi connectivity index (χ1n) is 9.30. The van der Waals surface area contributed by atoms with Crippen LogP contribution in [-0.2, 0) is 14.3 Å². The number of carbonyl (C=O) groups excluding carboxylic acids is 1. The number of nitrogens with zero attached hydrogens (tertiary/aromatic N) is 3. The first-order valence-corrected chi connectivity index (χ1v) is 9.30. The van der Waals surface area contributed by atoms with Crippen molar-refractivity contribution in [1.82, 2.24) is 9.66 Å². The Morgan fingerprint density at radius 3 is 2.54 bits per heavy atom. The molecule has 1 aromatic heterocycles. The third-order valence-corrected chi connectivity index (χ3v) is 5.23. The highest BCUT2D eigenvalue weighted by atomic mass is 16.6. The molecule has 7 heteroatoms. The van der Waals surface area contributed by atoms with Crippen molar-refractivity contribution in [2.75, 3.05) is 18.2 Å². The van der Waals surface area contributed by atoms with Crippen molar-refractivity contribution in [3.05, 3.63) is 76.3 Å². The molecule has 2 aromatic carbocycles. The van der Waals surface area contributed by atoms with E-state index in [1.54, 1.807) is 17.1 Å². The van der Waals surface area contributed by atoms with Crippen molar-refractivity contribution in [1.29, 1.82) is 0 Å². The number of aromatic nitrogens is 2. The highest BCUT2D eigenvalue weighted by Gasteiger charge is 2.57. The van der Waals surface area contributed by atoms with E-state index in [1.807, 2.05) is 49.4 Å². The number of fused-ring (bicyclic) bond motifs is 4. The number of para-hydroxylation sites is 1. The molecule has 0 N–H and O–H groups in total. The van der Waals surface area contributed by atoms with Gasteiger partial charge in [0, 0.05) is 0 Å². The van der Waals surface area contributed by atoms with Crippen LogP contribution < -0.4 is 10.6 Å². The van der Waals surface area contributed by atoms with Gasteiger partial charge in [-0.15, -0.1) is 0 Å². The van der Waals surface area contributed by atoms with Crippen LogP contribution in [0.3, 0.4) is 0 Å². The molecule has 1 saturated heterocycles. The van der Waals surface area contributed by atoms with Gasteiger partial charge in [-0.2, -0.15) is 0 Å². The smallest absolute Gasteiger partial charge is 0.333 e. The molecule has 0 spiro atoms. The minimum atomic E-state index is -0.563. The van der Waals surface area contributed by atoms with E-state index in [-0.39, 0.29) is 30.8 Å². The molecule has 2 aliphatic heterocycles. The topological polar surface area (TPSA) is 73.4 Å². The molecular weight excluding hydrogens is 358 g/mol. The maximum absolute atomic E-state index is 13.4. The first-order chi connectivity index (χ1) is 13.7. The Morgan fingerprint density at radius 2 is 1.71 bits per heavy atom. The van der Waals surface area contributed by atoms with Crippen LogP contribution in [0.1, 0.15) is 30.5 Å². The highest BCUT2D eigenvalue weighted by molar-refractivity contribution is 5.85. The van der Waals surface area contributed by atoms with Gasteiger partial charge in [0.05, 0.1) is 17.5 Å². The first kappa shape index (κ1) is 16.9. The zero-order valence-electron chi connectivity index (χ0n) is 15.3. The second kappa shape index (κ2) is 6.45. The summed E-state index contributed by atoms with van der Waals surface area (Å²) in [5.41, 5.74) is 1.35. The van der Waals surface area contributed by atoms with E-state index in [0.29, 0.717) is 16.7 Å². The average Bonchev–Trinajstić information content (AvgIpc) is 3.46. The molecule has 142 valence electrons. The molecule has 0 radical (unpaired) electrons. The van der Waals surface area contributed by atoms with Crippen LogP contribution in [0.25, 0.3) is 10.9 Å². The molecule has 0 saturated carbocycles. The fourth-order valence-corrected chi connectivity index (χ4v) is 3.84. The lowest BCUT2D eigenvalue weighted by molar-refractivity contribution is -0.145. The summed E-state index contributed by atoms with van der Waals surface area (Å²) in [7, 11) is 0. The molecule has 0 amide bonds. The van der Waals surface area contributed by atoms with E-state index in [4.69, 9.17) is 14.5 Å². The van der Waals surface area contributed by atoms with Crippen LogP contribution >= 0.6 is 0 Å². The molecule has 0 bridgehead atoms. The fourth-order valence-electron chi connectivity index (χ4n) is 3.84. The third-order valence-electron chi connectivity index (χ3n) is 5.23. The molecule has 28 heavy (non-hydrogen) atoms. The number of cyclic esters (lactones) is 1. The minimum absolute atomic E-state index is 0.173. The Labute approximate surface area is 161 Å². The number of hydrogen-bond acceptors (Lipinski definition) is 6. The summed E-state index contributed by atoms with van der Waals surface area (Å²) < 4.78 is 12.7. The van der Waals surface area contributed by atoms with Crippen molar-refractivity contribution in [2.24, 2.45) is 0 Å². The van der Waals surface area contributed by atoms with Crippen LogP contribution in [0.2, 0.25) is 0 Å². The van der Waals surface area contributed by atoms with E-state index >= 15 is 0 Å². The lowest BCUT2D eigenvalue weighted by atomic mass is 10.1. The van der Waals surface area contributed by atoms with E-state index in [9.17, 15) is 9.59 Å². The number of hydrogen-bond donors (Lipinski definition) is 0. The van der Waals surface area contributed by atoms with Gasteiger partial charge in [-0.05, 0) is 24.6 Å². The summed E-state index contributed by atoms with van der Waals surface area (Å²) in [5.74, 6) is 0.125. The molecule has 5 rings (SSSR count). The molecule has 1 fully saturated rings. The Bertz CT molecular complexity index is 1110. The predicted molar refractivity (Wildman–Crippen MR) is 103 cm³/mol. The maximum Gasteiger partial charge on any atom is 0.333 e. The lowest BCUT2D eigenvalue weighted by Gasteiger charge is -2.21. The second-order valence-corrected chi connectivity index (χ2v) is 6.96. The van der Waals surface area contributed by atoms with Gasteiger partial charge >= 0.3 is 5.97 Å². The maximum atomic E-state index is 13.4. The lowest BCUT2D eigenvalue weighted by Crippen LogP contribution is -2.37. The summed E-state index contributed by atoms with van der Waals surface area (Å²) in [6.07, 6.45) is -0.424. The van der Waals surface area contributed by atoms with Gasteiger partial charge in [0.25, 0.3) is 5.56 Å². The number of rotatable bonds is 1. The molecule has 3 atom stereocenters. The van der Waals surface area contributed by atoms with Crippen molar-refractivity contribution in [3.63, 3.8) is 0 Å². The SMILES string of the molecule is C[C@H]1OCCOC(=O)[C@H]2[C@H](c3ccccc3)N2n2c1nc1ccccc1c2=O. The molecule has 2 aliphatic rings. The van der Waals surface area contributed by atoms with Gasteiger partial charge in [-0.3, -0.25) is 9.80 Å². The number of benzene rings is 2. The van der Waals surface area contributed by atoms with Crippen LogP contribution in [0.5, 0.6) is 0 Å². The van der Waals surface area contributed by atoms with Gasteiger partial charge in [0.15, 0.2) is 11.9 Å². The summed E-state index contributed by atoms with van der Waals surface area (Å²) in [5, 5.41) is 2.25. The molecular formula is C21H19N3O4. The van der Waals surface area contributed by atoms with Crippen molar-refractivity contribution < 1.29 is 14.3 Å². The normalized spacial score (nSPS) is 24.2. The average molecular weight is 377 g/mol. The largest absolute Gasteiger partial charge is 0.462 e. The quantitative estimate of drug-likeness (QED) is 0.478. The van der Waals surface area contributed by atoms with Gasteiger partial charge in [-0.25, -0.2) is 14.5 Å². The Hall–Kier alpha value is -3.19. The number of carbonyl (C=O) groups is 1. The van der Waals surface area contributed by atoms with E-state index < -0.39 is 12.1 Å². The number of esters is 1.